The first-order chi connectivity index (χ1) is 12.8. The molecule has 7 nitrogen and oxygen atoms in total. The molecule has 3 rings (SSSR count). The zero-order valence-electron chi connectivity index (χ0n) is 16.6. The van der Waals surface area contributed by atoms with Gasteiger partial charge in [-0.05, 0) is 31.7 Å². The van der Waals surface area contributed by atoms with Crippen LogP contribution < -0.4 is 5.32 Å². The van der Waals surface area contributed by atoms with Gasteiger partial charge in [-0.25, -0.2) is 0 Å². The Kier molecular flexibility index (Phi) is 9.84. The first kappa shape index (κ1) is 22.4. The molecule has 0 aromatic carbocycles. The summed E-state index contributed by atoms with van der Waals surface area (Å²) in [6.45, 7) is 9.22. The Morgan fingerprint density at radius 1 is 1.44 bits per heavy atom. The third-order valence-corrected chi connectivity index (χ3v) is 5.10. The quantitative estimate of drug-likeness (QED) is 0.262. The van der Waals surface area contributed by atoms with Gasteiger partial charge in [0.05, 0.1) is 19.4 Å². The Morgan fingerprint density at radius 3 is 3.04 bits per heavy atom. The van der Waals surface area contributed by atoms with Gasteiger partial charge in [0.2, 0.25) is 0 Å². The topological polar surface area (TPSA) is 63.9 Å². The van der Waals surface area contributed by atoms with Crippen molar-refractivity contribution in [2.45, 2.75) is 32.1 Å². The lowest BCUT2D eigenvalue weighted by Crippen LogP contribution is -2.40. The molecule has 2 fully saturated rings. The number of halogens is 1. The average molecular weight is 491 g/mol. The van der Waals surface area contributed by atoms with Gasteiger partial charge in [0.1, 0.15) is 0 Å². The molecule has 0 saturated carbocycles. The first-order valence-corrected chi connectivity index (χ1v) is 9.93. The molecule has 0 amide bonds. The molecule has 3 heterocycles. The van der Waals surface area contributed by atoms with Gasteiger partial charge in [-0.1, -0.05) is 0 Å². The molecule has 0 aliphatic carbocycles. The van der Waals surface area contributed by atoms with E-state index in [0.29, 0.717) is 11.8 Å². The lowest BCUT2D eigenvalue weighted by molar-refractivity contribution is 0.0893. The van der Waals surface area contributed by atoms with E-state index >= 15 is 0 Å². The van der Waals surface area contributed by atoms with Gasteiger partial charge in [-0.15, -0.1) is 24.0 Å². The number of aryl methyl sites for hydroxylation is 1. The number of guanidine groups is 1. The van der Waals surface area contributed by atoms with Crippen molar-refractivity contribution in [2.24, 2.45) is 18.0 Å². The second-order valence-corrected chi connectivity index (χ2v) is 7.27. The molecule has 2 unspecified atom stereocenters. The second-order valence-electron chi connectivity index (χ2n) is 7.27. The third-order valence-electron chi connectivity index (χ3n) is 5.10. The monoisotopic (exact) mass is 491 g/mol. The zero-order chi connectivity index (χ0) is 18.2. The molecule has 1 aromatic heterocycles. The minimum absolute atomic E-state index is 0. The van der Waals surface area contributed by atoms with E-state index in [1.54, 1.807) is 0 Å². The van der Waals surface area contributed by atoms with Gasteiger partial charge >= 0.3 is 0 Å². The molecule has 27 heavy (non-hydrogen) atoms. The molecule has 2 atom stereocenters. The number of ether oxygens (including phenoxy) is 2. The van der Waals surface area contributed by atoms with Gasteiger partial charge in [-0.3, -0.25) is 9.67 Å². The number of nitrogens with one attached hydrogen (secondary N) is 1. The maximum absolute atomic E-state index is 5.77. The maximum atomic E-state index is 5.77. The smallest absolute Gasteiger partial charge is 0.193 e. The highest BCUT2D eigenvalue weighted by molar-refractivity contribution is 14.0. The highest BCUT2D eigenvalue weighted by atomic mass is 127. The summed E-state index contributed by atoms with van der Waals surface area (Å²) in [5.41, 5.74) is 1.33. The number of aromatic nitrogens is 2. The van der Waals surface area contributed by atoms with E-state index in [0.717, 1.165) is 77.8 Å². The first-order valence-electron chi connectivity index (χ1n) is 9.93. The standard InChI is InChI=1S/C19H33N5O2.HI/c1-3-20-19(21-7-4-9-25-14-16-6-10-26-15-16)24-8-5-17(13-24)18-11-22-23(2)12-18;/h11-12,16-17H,3-10,13-15H2,1-2H3,(H,20,21);1H. The minimum atomic E-state index is 0. The fraction of sp³-hybridized carbons (Fsp3) is 0.789. The summed E-state index contributed by atoms with van der Waals surface area (Å²) in [6.07, 6.45) is 7.37. The van der Waals surface area contributed by atoms with E-state index in [-0.39, 0.29) is 24.0 Å². The molecular weight excluding hydrogens is 457 g/mol. The van der Waals surface area contributed by atoms with Crippen LogP contribution in [0, 0.1) is 5.92 Å². The maximum Gasteiger partial charge on any atom is 0.193 e. The van der Waals surface area contributed by atoms with Crippen LogP contribution in [0.5, 0.6) is 0 Å². The normalized spacial score (nSPS) is 22.9. The van der Waals surface area contributed by atoms with Crippen molar-refractivity contribution in [3.05, 3.63) is 18.0 Å². The van der Waals surface area contributed by atoms with E-state index in [4.69, 9.17) is 14.5 Å². The van der Waals surface area contributed by atoms with Crippen molar-refractivity contribution >= 4 is 29.9 Å². The lowest BCUT2D eigenvalue weighted by atomic mass is 10.0. The third kappa shape index (κ3) is 6.90. The highest BCUT2D eigenvalue weighted by Gasteiger charge is 2.26. The van der Waals surface area contributed by atoms with Crippen LogP contribution >= 0.6 is 24.0 Å². The largest absolute Gasteiger partial charge is 0.381 e. The fourth-order valence-corrected chi connectivity index (χ4v) is 3.62. The zero-order valence-corrected chi connectivity index (χ0v) is 18.9. The predicted molar refractivity (Wildman–Crippen MR) is 118 cm³/mol. The van der Waals surface area contributed by atoms with E-state index in [1.165, 1.54) is 5.56 Å². The van der Waals surface area contributed by atoms with Crippen molar-refractivity contribution < 1.29 is 9.47 Å². The summed E-state index contributed by atoms with van der Waals surface area (Å²) < 4.78 is 13.0. The van der Waals surface area contributed by atoms with Crippen LogP contribution in [0.25, 0.3) is 0 Å². The van der Waals surface area contributed by atoms with Crippen molar-refractivity contribution in [2.75, 3.05) is 52.6 Å². The van der Waals surface area contributed by atoms with Gasteiger partial charge in [0, 0.05) is 64.5 Å². The second kappa shape index (κ2) is 11.9. The summed E-state index contributed by atoms with van der Waals surface area (Å²) in [7, 11) is 1.98. The molecule has 1 N–H and O–H groups in total. The molecule has 2 aliphatic rings. The van der Waals surface area contributed by atoms with Crippen LogP contribution in [0.3, 0.4) is 0 Å². The van der Waals surface area contributed by atoms with Crippen molar-refractivity contribution in [1.29, 1.82) is 0 Å². The van der Waals surface area contributed by atoms with Gasteiger partial charge < -0.3 is 19.7 Å². The number of likely N-dealkylation sites (tertiary alicyclic amines) is 1. The molecular formula is C19H34IN5O2. The van der Waals surface area contributed by atoms with Crippen LogP contribution in [-0.4, -0.2) is 73.2 Å². The van der Waals surface area contributed by atoms with Crippen LogP contribution in [0.4, 0.5) is 0 Å². The predicted octanol–water partition coefficient (Wildman–Crippen LogP) is 2.24. The Labute approximate surface area is 179 Å². The summed E-state index contributed by atoms with van der Waals surface area (Å²) in [5, 5.41) is 7.74. The van der Waals surface area contributed by atoms with Crippen LogP contribution in [0.1, 0.15) is 37.7 Å². The van der Waals surface area contributed by atoms with Gasteiger partial charge in [0.15, 0.2) is 5.96 Å². The molecule has 1 aromatic rings. The number of rotatable bonds is 8. The van der Waals surface area contributed by atoms with E-state index in [2.05, 4.69) is 28.4 Å². The Balaban J connectivity index is 0.00000261. The Bertz CT molecular complexity index is 574. The molecule has 8 heteroatoms. The van der Waals surface area contributed by atoms with Gasteiger partial charge in [-0.2, -0.15) is 5.10 Å². The van der Waals surface area contributed by atoms with Crippen molar-refractivity contribution in [3.63, 3.8) is 0 Å². The number of aliphatic imine (C=N–C) groups is 1. The average Bonchev–Trinajstić information content (AvgIpc) is 3.38. The Hall–Kier alpha value is -0.870. The van der Waals surface area contributed by atoms with Crippen LogP contribution in [0.15, 0.2) is 17.4 Å². The summed E-state index contributed by atoms with van der Waals surface area (Å²) in [6, 6.07) is 0. The Morgan fingerprint density at radius 2 is 2.33 bits per heavy atom. The molecule has 2 saturated heterocycles. The summed E-state index contributed by atoms with van der Waals surface area (Å²) in [5.74, 6) is 2.16. The summed E-state index contributed by atoms with van der Waals surface area (Å²) in [4.78, 5) is 7.18. The van der Waals surface area contributed by atoms with Crippen molar-refractivity contribution in [1.82, 2.24) is 20.0 Å². The number of hydrogen-bond acceptors (Lipinski definition) is 4. The molecule has 2 aliphatic heterocycles. The van der Waals surface area contributed by atoms with Crippen LogP contribution in [-0.2, 0) is 16.5 Å². The van der Waals surface area contributed by atoms with Gasteiger partial charge in [0.25, 0.3) is 0 Å². The van der Waals surface area contributed by atoms with E-state index < -0.39 is 0 Å². The molecule has 154 valence electrons. The molecule has 0 spiro atoms. The summed E-state index contributed by atoms with van der Waals surface area (Å²) >= 11 is 0. The number of hydrogen-bond donors (Lipinski definition) is 1. The van der Waals surface area contributed by atoms with Crippen molar-refractivity contribution in [3.8, 4) is 0 Å². The lowest BCUT2D eigenvalue weighted by Gasteiger charge is -2.21. The molecule has 0 radical (unpaired) electrons. The fourth-order valence-electron chi connectivity index (χ4n) is 3.62. The van der Waals surface area contributed by atoms with Crippen LogP contribution in [0.2, 0.25) is 0 Å². The SMILES string of the molecule is CCNC(=NCCCOCC1CCOC1)N1CCC(c2cnn(C)c2)C1.I. The molecule has 0 bridgehead atoms. The van der Waals surface area contributed by atoms with E-state index in [9.17, 15) is 0 Å². The minimum Gasteiger partial charge on any atom is -0.381 e. The highest BCUT2D eigenvalue weighted by Crippen LogP contribution is 2.26. The number of nitrogens with zero attached hydrogens (tertiary/aromatic N) is 4. The van der Waals surface area contributed by atoms with E-state index in [1.807, 2.05) is 17.9 Å².